The number of rotatable bonds is 4. The van der Waals surface area contributed by atoms with Gasteiger partial charge in [-0.25, -0.2) is 4.98 Å². The van der Waals surface area contributed by atoms with E-state index in [-0.39, 0.29) is 0 Å². The lowest BCUT2D eigenvalue weighted by molar-refractivity contribution is 0.218. The predicted octanol–water partition coefficient (Wildman–Crippen LogP) is 0.418. The van der Waals surface area contributed by atoms with Gasteiger partial charge in [-0.1, -0.05) is 0 Å². The van der Waals surface area contributed by atoms with Crippen molar-refractivity contribution in [2.45, 2.75) is 5.03 Å². The minimum absolute atomic E-state index is 0.428. The quantitative estimate of drug-likeness (QED) is 0.765. The van der Waals surface area contributed by atoms with Crippen LogP contribution < -0.4 is 5.73 Å². The Labute approximate surface area is 79.6 Å². The van der Waals surface area contributed by atoms with Crippen LogP contribution in [0.1, 0.15) is 0 Å². The Hall–Kier alpha value is -0.940. The topological polar surface area (TPSA) is 65.2 Å². The number of hydrogen-bond donors (Lipinski definition) is 1. The highest BCUT2D eigenvalue weighted by Crippen LogP contribution is 2.11. The van der Waals surface area contributed by atoms with E-state index in [1.54, 1.807) is 25.4 Å². The summed E-state index contributed by atoms with van der Waals surface area (Å²) in [5, 5.41) is 0.444. The molecule has 0 fully saturated rings. The van der Waals surface area contributed by atoms with Gasteiger partial charge in [-0.3, -0.25) is 4.21 Å². The molecular weight excluding hydrogens is 188 g/mol. The lowest BCUT2D eigenvalue weighted by atomic mass is 10.4. The van der Waals surface area contributed by atoms with E-state index in [4.69, 9.17) is 10.5 Å². The molecule has 0 aliphatic rings. The fourth-order valence-electron chi connectivity index (χ4n) is 0.849. The molecule has 2 N–H and O–H groups in total. The number of methoxy groups -OCH3 is 1. The smallest absolute Gasteiger partial charge is 0.150 e. The van der Waals surface area contributed by atoms with E-state index in [9.17, 15) is 4.21 Å². The molecule has 1 rings (SSSR count). The van der Waals surface area contributed by atoms with Gasteiger partial charge < -0.3 is 10.5 Å². The van der Waals surface area contributed by atoms with E-state index in [1.165, 1.54) is 0 Å². The van der Waals surface area contributed by atoms with Gasteiger partial charge in [0, 0.05) is 13.3 Å². The molecule has 72 valence electrons. The summed E-state index contributed by atoms with van der Waals surface area (Å²) in [4.78, 5) is 3.95. The maximum Gasteiger partial charge on any atom is 0.150 e. The minimum atomic E-state index is -1.16. The number of pyridine rings is 1. The maximum absolute atomic E-state index is 11.5. The summed E-state index contributed by atoms with van der Waals surface area (Å²) in [7, 11) is 0.412. The van der Waals surface area contributed by atoms with Crippen LogP contribution in [0.15, 0.2) is 23.4 Å². The van der Waals surface area contributed by atoms with Gasteiger partial charge in [0.1, 0.15) is 5.03 Å². The van der Waals surface area contributed by atoms with E-state index in [2.05, 4.69) is 4.98 Å². The molecule has 1 aromatic rings. The number of nitrogen functional groups attached to an aromatic ring is 1. The third kappa shape index (κ3) is 2.78. The molecule has 0 saturated carbocycles. The van der Waals surface area contributed by atoms with Gasteiger partial charge in [0.25, 0.3) is 0 Å². The summed E-state index contributed by atoms with van der Waals surface area (Å²) in [5.74, 6) is 0.428. The lowest BCUT2D eigenvalue weighted by Crippen LogP contribution is -2.08. The summed E-state index contributed by atoms with van der Waals surface area (Å²) in [5.41, 5.74) is 6.07. The second-order valence-electron chi connectivity index (χ2n) is 2.44. The van der Waals surface area contributed by atoms with E-state index in [0.29, 0.717) is 23.1 Å². The number of aromatic nitrogens is 1. The van der Waals surface area contributed by atoms with Crippen LogP contribution in [0.5, 0.6) is 0 Å². The minimum Gasteiger partial charge on any atom is -0.396 e. The predicted molar refractivity (Wildman–Crippen MR) is 51.8 cm³/mol. The van der Waals surface area contributed by atoms with Crippen LogP contribution >= 0.6 is 0 Å². The lowest BCUT2D eigenvalue weighted by Gasteiger charge is -2.02. The van der Waals surface area contributed by atoms with Crippen molar-refractivity contribution in [3.63, 3.8) is 0 Å². The molecule has 0 spiro atoms. The zero-order chi connectivity index (χ0) is 9.68. The SMILES string of the molecule is COCCS(=O)c1ncccc1N. The van der Waals surface area contributed by atoms with Crippen molar-refractivity contribution in [3.8, 4) is 0 Å². The first-order chi connectivity index (χ1) is 6.25. The average Bonchev–Trinajstić information content (AvgIpc) is 2.15. The molecule has 4 nitrogen and oxygen atoms in total. The molecule has 0 amide bonds. The number of nitrogens with two attached hydrogens (primary N) is 1. The molecule has 0 aliphatic carbocycles. The molecule has 1 heterocycles. The second-order valence-corrected chi connectivity index (χ2v) is 3.93. The second kappa shape index (κ2) is 4.94. The summed E-state index contributed by atoms with van der Waals surface area (Å²) in [6.45, 7) is 0.447. The van der Waals surface area contributed by atoms with E-state index >= 15 is 0 Å². The van der Waals surface area contributed by atoms with Gasteiger partial charge in [-0.05, 0) is 12.1 Å². The number of hydrogen-bond acceptors (Lipinski definition) is 4. The normalized spacial score (nSPS) is 12.7. The molecule has 0 radical (unpaired) electrons. The molecule has 13 heavy (non-hydrogen) atoms. The van der Waals surface area contributed by atoms with Crippen LogP contribution in [-0.2, 0) is 15.5 Å². The molecule has 0 saturated heterocycles. The summed E-state index contributed by atoms with van der Waals surface area (Å²) in [6.07, 6.45) is 1.58. The first-order valence-corrected chi connectivity index (χ1v) is 5.15. The highest BCUT2D eigenvalue weighted by Gasteiger charge is 2.07. The van der Waals surface area contributed by atoms with Gasteiger partial charge in [0.05, 0.1) is 28.8 Å². The van der Waals surface area contributed by atoms with Gasteiger partial charge >= 0.3 is 0 Å². The van der Waals surface area contributed by atoms with Crippen LogP contribution in [-0.4, -0.2) is 28.7 Å². The molecule has 1 atom stereocenters. The van der Waals surface area contributed by atoms with Crippen LogP contribution in [0.4, 0.5) is 5.69 Å². The first-order valence-electron chi connectivity index (χ1n) is 3.83. The summed E-state index contributed by atoms with van der Waals surface area (Å²) < 4.78 is 16.3. The van der Waals surface area contributed by atoms with Gasteiger partial charge in [-0.2, -0.15) is 0 Å². The third-order valence-corrected chi connectivity index (χ3v) is 2.80. The molecule has 0 aliphatic heterocycles. The summed E-state index contributed by atoms with van der Waals surface area (Å²) >= 11 is 0. The van der Waals surface area contributed by atoms with Crippen molar-refractivity contribution in [2.75, 3.05) is 25.2 Å². The van der Waals surface area contributed by atoms with E-state index in [0.717, 1.165) is 0 Å². The highest BCUT2D eigenvalue weighted by atomic mass is 32.2. The summed E-state index contributed by atoms with van der Waals surface area (Å²) in [6, 6.07) is 3.40. The van der Waals surface area contributed by atoms with Crippen LogP contribution in [0.25, 0.3) is 0 Å². The first kappa shape index (κ1) is 10.1. The Morgan fingerprint density at radius 1 is 1.69 bits per heavy atom. The van der Waals surface area contributed by atoms with Gasteiger partial charge in [0.2, 0.25) is 0 Å². The zero-order valence-electron chi connectivity index (χ0n) is 7.40. The molecule has 0 bridgehead atoms. The van der Waals surface area contributed by atoms with Gasteiger partial charge in [0.15, 0.2) is 0 Å². The maximum atomic E-state index is 11.5. The fourth-order valence-corrected chi connectivity index (χ4v) is 1.87. The van der Waals surface area contributed by atoms with Crippen molar-refractivity contribution >= 4 is 16.5 Å². The van der Waals surface area contributed by atoms with Crippen LogP contribution in [0.2, 0.25) is 0 Å². The van der Waals surface area contributed by atoms with Crippen molar-refractivity contribution in [2.24, 2.45) is 0 Å². The van der Waals surface area contributed by atoms with Crippen LogP contribution in [0, 0.1) is 0 Å². The molecule has 0 aromatic carbocycles. The molecule has 1 unspecified atom stereocenters. The Morgan fingerprint density at radius 2 is 2.46 bits per heavy atom. The van der Waals surface area contributed by atoms with Crippen molar-refractivity contribution in [3.05, 3.63) is 18.3 Å². The zero-order valence-corrected chi connectivity index (χ0v) is 8.21. The number of anilines is 1. The highest BCUT2D eigenvalue weighted by molar-refractivity contribution is 7.85. The average molecular weight is 200 g/mol. The fraction of sp³-hybridized carbons (Fsp3) is 0.375. The Bertz CT molecular complexity index is 304. The van der Waals surface area contributed by atoms with Crippen molar-refractivity contribution < 1.29 is 8.95 Å². The largest absolute Gasteiger partial charge is 0.396 e. The molecule has 1 aromatic heterocycles. The number of ether oxygens (including phenoxy) is 1. The molecular formula is C8H12N2O2S. The van der Waals surface area contributed by atoms with Gasteiger partial charge in [-0.15, -0.1) is 0 Å². The Kier molecular flexibility index (Phi) is 3.85. The van der Waals surface area contributed by atoms with Crippen molar-refractivity contribution in [1.82, 2.24) is 4.98 Å². The van der Waals surface area contributed by atoms with E-state index < -0.39 is 10.8 Å². The number of nitrogens with zero attached hydrogens (tertiary/aromatic N) is 1. The van der Waals surface area contributed by atoms with Crippen LogP contribution in [0.3, 0.4) is 0 Å². The Balaban J connectivity index is 2.71. The third-order valence-electron chi connectivity index (χ3n) is 1.49. The van der Waals surface area contributed by atoms with E-state index in [1.807, 2.05) is 0 Å². The monoisotopic (exact) mass is 200 g/mol. The molecule has 5 heteroatoms. The Morgan fingerprint density at radius 3 is 3.08 bits per heavy atom. The van der Waals surface area contributed by atoms with Crippen molar-refractivity contribution in [1.29, 1.82) is 0 Å². The standard InChI is InChI=1S/C8H12N2O2S/c1-12-5-6-13(11)8-7(9)3-2-4-10-8/h2-4H,5-6,9H2,1H3.